The van der Waals surface area contributed by atoms with Gasteiger partial charge in [0.1, 0.15) is 5.75 Å². The summed E-state index contributed by atoms with van der Waals surface area (Å²) in [4.78, 5) is 2.37. The first-order chi connectivity index (χ1) is 9.24. The van der Waals surface area contributed by atoms with Crippen molar-refractivity contribution in [1.82, 2.24) is 4.90 Å². The van der Waals surface area contributed by atoms with Crippen LogP contribution in [0.1, 0.15) is 17.2 Å². The van der Waals surface area contributed by atoms with Gasteiger partial charge in [0.25, 0.3) is 0 Å². The van der Waals surface area contributed by atoms with Gasteiger partial charge in [-0.15, -0.1) is 0 Å². The summed E-state index contributed by atoms with van der Waals surface area (Å²) in [5.41, 5.74) is 8.36. The van der Waals surface area contributed by atoms with E-state index in [0.29, 0.717) is 5.75 Å². The van der Waals surface area contributed by atoms with Gasteiger partial charge in [0, 0.05) is 19.1 Å². The van der Waals surface area contributed by atoms with Gasteiger partial charge in [-0.1, -0.05) is 42.5 Å². The Morgan fingerprint density at radius 2 is 1.53 bits per heavy atom. The van der Waals surface area contributed by atoms with Crippen LogP contribution < -0.4 is 5.73 Å². The Bertz CT molecular complexity index is 532. The highest BCUT2D eigenvalue weighted by Gasteiger charge is 2.31. The Labute approximate surface area is 113 Å². The lowest BCUT2D eigenvalue weighted by molar-refractivity contribution is 0.114. The molecule has 0 amide bonds. The lowest BCUT2D eigenvalue weighted by Gasteiger charge is -2.43. The number of aromatic hydroxyl groups is 1. The van der Waals surface area contributed by atoms with Crippen LogP contribution >= 0.6 is 0 Å². The Kier molecular flexibility index (Phi) is 3.23. The Balaban J connectivity index is 1.95. The summed E-state index contributed by atoms with van der Waals surface area (Å²) in [6.07, 6.45) is 0. The minimum atomic E-state index is 0.224. The third-order valence-corrected chi connectivity index (χ3v) is 3.63. The van der Waals surface area contributed by atoms with E-state index < -0.39 is 0 Å². The Morgan fingerprint density at radius 1 is 0.947 bits per heavy atom. The molecule has 19 heavy (non-hydrogen) atoms. The fourth-order valence-electron chi connectivity index (χ4n) is 2.67. The van der Waals surface area contributed by atoms with Crippen molar-refractivity contribution in [2.45, 2.75) is 12.1 Å². The fourth-order valence-corrected chi connectivity index (χ4v) is 2.67. The number of hydrogen-bond acceptors (Lipinski definition) is 3. The molecule has 0 aromatic heterocycles. The van der Waals surface area contributed by atoms with Crippen molar-refractivity contribution < 1.29 is 5.11 Å². The number of hydrogen-bond donors (Lipinski definition) is 2. The number of benzene rings is 2. The molecule has 3 rings (SSSR count). The monoisotopic (exact) mass is 254 g/mol. The van der Waals surface area contributed by atoms with E-state index in [4.69, 9.17) is 5.73 Å². The molecule has 3 N–H and O–H groups in total. The third-order valence-electron chi connectivity index (χ3n) is 3.63. The molecule has 1 aliphatic heterocycles. The van der Waals surface area contributed by atoms with Crippen LogP contribution in [0.25, 0.3) is 0 Å². The number of phenolic OH excluding ortho intramolecular Hbond substituents is 1. The SMILES string of the molecule is NC1CN(C(c2ccccc2)c2ccc(O)cc2)C1. The van der Waals surface area contributed by atoms with Crippen LogP contribution in [0.3, 0.4) is 0 Å². The van der Waals surface area contributed by atoms with E-state index in [2.05, 4.69) is 29.2 Å². The van der Waals surface area contributed by atoms with Gasteiger partial charge in [0.05, 0.1) is 6.04 Å². The first-order valence-electron chi connectivity index (χ1n) is 6.57. The molecular formula is C16H18N2O. The topological polar surface area (TPSA) is 49.5 Å². The lowest BCUT2D eigenvalue weighted by Crippen LogP contribution is -2.56. The summed E-state index contributed by atoms with van der Waals surface area (Å²) in [5, 5.41) is 9.43. The van der Waals surface area contributed by atoms with E-state index in [9.17, 15) is 5.11 Å². The third kappa shape index (κ3) is 2.48. The lowest BCUT2D eigenvalue weighted by atomic mass is 9.93. The highest BCUT2D eigenvalue weighted by atomic mass is 16.3. The standard InChI is InChI=1S/C16H18N2O/c17-14-10-18(11-14)16(12-4-2-1-3-5-12)13-6-8-15(19)9-7-13/h1-9,14,16,19H,10-11,17H2. The summed E-state index contributed by atoms with van der Waals surface area (Å²) < 4.78 is 0. The summed E-state index contributed by atoms with van der Waals surface area (Å²) in [6, 6.07) is 18.4. The zero-order chi connectivity index (χ0) is 13.2. The molecule has 0 spiro atoms. The Hall–Kier alpha value is -1.84. The van der Waals surface area contributed by atoms with Crippen LogP contribution in [-0.2, 0) is 0 Å². The van der Waals surface area contributed by atoms with E-state index in [-0.39, 0.29) is 12.1 Å². The van der Waals surface area contributed by atoms with Crippen molar-refractivity contribution in [2.24, 2.45) is 5.73 Å². The average molecular weight is 254 g/mol. The van der Waals surface area contributed by atoms with Crippen LogP contribution in [-0.4, -0.2) is 29.1 Å². The normalized spacial score (nSPS) is 17.9. The molecule has 0 aliphatic carbocycles. The smallest absolute Gasteiger partial charge is 0.115 e. The van der Waals surface area contributed by atoms with Crippen LogP contribution in [0.5, 0.6) is 5.75 Å². The maximum Gasteiger partial charge on any atom is 0.115 e. The maximum atomic E-state index is 9.43. The molecule has 1 heterocycles. The number of nitrogens with two attached hydrogens (primary N) is 1. The highest BCUT2D eigenvalue weighted by Crippen LogP contribution is 2.32. The highest BCUT2D eigenvalue weighted by molar-refractivity contribution is 5.35. The van der Waals surface area contributed by atoms with Gasteiger partial charge in [-0.05, 0) is 23.3 Å². The second-order valence-electron chi connectivity index (χ2n) is 5.12. The number of rotatable bonds is 3. The van der Waals surface area contributed by atoms with Crippen molar-refractivity contribution in [3.05, 3.63) is 65.7 Å². The summed E-state index contributed by atoms with van der Waals surface area (Å²) >= 11 is 0. The molecule has 2 aromatic rings. The van der Waals surface area contributed by atoms with Gasteiger partial charge in [-0.25, -0.2) is 0 Å². The maximum absolute atomic E-state index is 9.43. The van der Waals surface area contributed by atoms with Gasteiger partial charge in [0.15, 0.2) is 0 Å². The van der Waals surface area contributed by atoms with Gasteiger partial charge >= 0.3 is 0 Å². The molecule has 1 aliphatic rings. The summed E-state index contributed by atoms with van der Waals surface area (Å²) in [6.45, 7) is 1.83. The molecule has 1 fully saturated rings. The number of nitrogens with zero attached hydrogens (tertiary/aromatic N) is 1. The molecule has 0 radical (unpaired) electrons. The molecule has 0 saturated carbocycles. The van der Waals surface area contributed by atoms with Gasteiger partial charge in [0.2, 0.25) is 0 Å². The molecular weight excluding hydrogens is 236 g/mol. The minimum Gasteiger partial charge on any atom is -0.508 e. The van der Waals surface area contributed by atoms with E-state index in [1.54, 1.807) is 12.1 Å². The molecule has 98 valence electrons. The van der Waals surface area contributed by atoms with Crippen molar-refractivity contribution in [1.29, 1.82) is 0 Å². The first-order valence-corrected chi connectivity index (χ1v) is 6.57. The van der Waals surface area contributed by atoms with Crippen molar-refractivity contribution >= 4 is 0 Å². The average Bonchev–Trinajstić information content (AvgIpc) is 2.40. The van der Waals surface area contributed by atoms with Crippen LogP contribution in [0.15, 0.2) is 54.6 Å². The number of phenols is 1. The summed E-state index contributed by atoms with van der Waals surface area (Å²) in [7, 11) is 0. The van der Waals surface area contributed by atoms with Gasteiger partial charge in [-0.2, -0.15) is 0 Å². The van der Waals surface area contributed by atoms with E-state index in [1.807, 2.05) is 18.2 Å². The van der Waals surface area contributed by atoms with E-state index in [1.165, 1.54) is 11.1 Å². The van der Waals surface area contributed by atoms with E-state index in [0.717, 1.165) is 13.1 Å². The van der Waals surface area contributed by atoms with Crippen molar-refractivity contribution in [3.63, 3.8) is 0 Å². The second-order valence-corrected chi connectivity index (χ2v) is 5.12. The van der Waals surface area contributed by atoms with Gasteiger partial charge in [-0.3, -0.25) is 4.90 Å². The molecule has 2 aromatic carbocycles. The molecule has 1 unspecified atom stereocenters. The fraction of sp³-hybridized carbons (Fsp3) is 0.250. The van der Waals surface area contributed by atoms with Gasteiger partial charge < -0.3 is 10.8 Å². The predicted molar refractivity (Wildman–Crippen MR) is 75.9 cm³/mol. The zero-order valence-electron chi connectivity index (χ0n) is 10.7. The molecule has 1 atom stereocenters. The van der Waals surface area contributed by atoms with Crippen LogP contribution in [0.4, 0.5) is 0 Å². The number of likely N-dealkylation sites (tertiary alicyclic amines) is 1. The minimum absolute atomic E-state index is 0.224. The van der Waals surface area contributed by atoms with Crippen LogP contribution in [0.2, 0.25) is 0 Å². The summed E-state index contributed by atoms with van der Waals surface area (Å²) in [5.74, 6) is 0.302. The molecule has 3 nitrogen and oxygen atoms in total. The molecule has 0 bridgehead atoms. The molecule has 3 heteroatoms. The molecule has 1 saturated heterocycles. The van der Waals surface area contributed by atoms with Crippen LogP contribution in [0, 0.1) is 0 Å². The van der Waals surface area contributed by atoms with Crippen molar-refractivity contribution in [2.75, 3.05) is 13.1 Å². The second kappa shape index (κ2) is 5.03. The largest absolute Gasteiger partial charge is 0.508 e. The quantitative estimate of drug-likeness (QED) is 0.882. The van der Waals surface area contributed by atoms with Crippen molar-refractivity contribution in [3.8, 4) is 5.75 Å². The first kappa shape index (κ1) is 12.2. The van der Waals surface area contributed by atoms with E-state index >= 15 is 0 Å². The predicted octanol–water partition coefficient (Wildman–Crippen LogP) is 2.12. The Morgan fingerprint density at radius 3 is 2.11 bits per heavy atom. The zero-order valence-corrected chi connectivity index (χ0v) is 10.7.